The van der Waals surface area contributed by atoms with Gasteiger partial charge in [-0.3, -0.25) is 9.59 Å². The molecule has 5 aromatic carbocycles. The smallest absolute Gasteiger partial charge is 0.336 e. The van der Waals surface area contributed by atoms with Crippen molar-refractivity contribution in [2.75, 3.05) is 0 Å². The first-order valence-electron chi connectivity index (χ1n) is 9.10. The van der Waals surface area contributed by atoms with Crippen LogP contribution in [0.15, 0.2) is 66.7 Å². The van der Waals surface area contributed by atoms with Gasteiger partial charge in [-0.2, -0.15) is 0 Å². The lowest BCUT2D eigenvalue weighted by Gasteiger charge is -2.11. The standard InChI is InChI=1S/C25H14O4/c26-12-23-21-10-19-8-17-6-15-4-2-1-3-14(15)5-16(17)7-18(19)9-20(21)11-22(25(28)29)24(23)13-27/h1-13H,(H,28,29). The lowest BCUT2D eigenvalue weighted by Crippen LogP contribution is -2.06. The first-order valence-corrected chi connectivity index (χ1v) is 9.10. The van der Waals surface area contributed by atoms with Crippen LogP contribution in [0.4, 0.5) is 0 Å². The zero-order chi connectivity index (χ0) is 20.1. The maximum atomic E-state index is 11.7. The Balaban J connectivity index is 1.90. The number of carboxylic acids is 1. The summed E-state index contributed by atoms with van der Waals surface area (Å²) >= 11 is 0. The van der Waals surface area contributed by atoms with E-state index >= 15 is 0 Å². The van der Waals surface area contributed by atoms with Crippen LogP contribution < -0.4 is 0 Å². The van der Waals surface area contributed by atoms with Crippen LogP contribution in [-0.4, -0.2) is 23.6 Å². The van der Waals surface area contributed by atoms with Gasteiger partial charge in [-0.15, -0.1) is 0 Å². The summed E-state index contributed by atoms with van der Waals surface area (Å²) in [7, 11) is 0. The Kier molecular flexibility index (Phi) is 3.68. The highest BCUT2D eigenvalue weighted by Gasteiger charge is 2.18. The van der Waals surface area contributed by atoms with Gasteiger partial charge in [-0.25, -0.2) is 4.79 Å². The molecular formula is C25H14O4. The van der Waals surface area contributed by atoms with E-state index in [0.717, 1.165) is 32.3 Å². The predicted molar refractivity (Wildman–Crippen MR) is 114 cm³/mol. The third-order valence-corrected chi connectivity index (χ3v) is 5.47. The molecule has 0 unspecified atom stereocenters. The van der Waals surface area contributed by atoms with E-state index < -0.39 is 5.97 Å². The monoisotopic (exact) mass is 378 g/mol. The third-order valence-electron chi connectivity index (χ3n) is 5.47. The highest BCUT2D eigenvalue weighted by atomic mass is 16.4. The number of benzene rings is 5. The second-order valence-electron chi connectivity index (χ2n) is 7.11. The SMILES string of the molecule is O=Cc1c(C(=O)O)cc2cc3cc4cc5ccccc5cc4cc3cc2c1C=O. The highest BCUT2D eigenvalue weighted by Crippen LogP contribution is 2.32. The third kappa shape index (κ3) is 2.57. The molecule has 5 rings (SSSR count). The summed E-state index contributed by atoms with van der Waals surface area (Å²) in [4.78, 5) is 34.8. The van der Waals surface area contributed by atoms with Crippen molar-refractivity contribution >= 4 is 61.6 Å². The van der Waals surface area contributed by atoms with Gasteiger partial charge in [0, 0.05) is 11.1 Å². The van der Waals surface area contributed by atoms with Crippen LogP contribution in [0.3, 0.4) is 0 Å². The first-order chi connectivity index (χ1) is 14.1. The topological polar surface area (TPSA) is 71.4 Å². The van der Waals surface area contributed by atoms with Crippen molar-refractivity contribution in [2.45, 2.75) is 0 Å². The molecule has 0 saturated heterocycles. The van der Waals surface area contributed by atoms with Crippen molar-refractivity contribution in [1.82, 2.24) is 0 Å². The van der Waals surface area contributed by atoms with E-state index in [1.165, 1.54) is 6.07 Å². The van der Waals surface area contributed by atoms with E-state index in [1.807, 2.05) is 24.3 Å². The molecule has 0 atom stereocenters. The van der Waals surface area contributed by atoms with Gasteiger partial charge in [0.1, 0.15) is 0 Å². The molecule has 29 heavy (non-hydrogen) atoms. The van der Waals surface area contributed by atoms with Crippen LogP contribution in [0, 0.1) is 0 Å². The molecule has 0 heterocycles. The molecule has 0 radical (unpaired) electrons. The summed E-state index contributed by atoms with van der Waals surface area (Å²) in [5.74, 6) is -1.23. The first kappa shape index (κ1) is 17.1. The summed E-state index contributed by atoms with van der Waals surface area (Å²) in [5, 5.41) is 16.9. The second-order valence-corrected chi connectivity index (χ2v) is 7.11. The van der Waals surface area contributed by atoms with Gasteiger partial charge >= 0.3 is 5.97 Å². The van der Waals surface area contributed by atoms with Crippen molar-refractivity contribution in [3.8, 4) is 0 Å². The molecule has 0 aliphatic rings. The van der Waals surface area contributed by atoms with Crippen molar-refractivity contribution in [3.05, 3.63) is 83.4 Å². The Labute approximate surface area is 165 Å². The second kappa shape index (κ2) is 6.24. The maximum absolute atomic E-state index is 11.7. The molecule has 0 fully saturated rings. The number of hydrogen-bond donors (Lipinski definition) is 1. The van der Waals surface area contributed by atoms with Crippen LogP contribution in [0.25, 0.3) is 43.1 Å². The van der Waals surface area contributed by atoms with Crippen LogP contribution >= 0.6 is 0 Å². The molecule has 0 saturated carbocycles. The molecule has 0 amide bonds. The number of carbonyl (C=O) groups excluding carboxylic acids is 2. The fraction of sp³-hybridized carbons (Fsp3) is 0. The average Bonchev–Trinajstić information content (AvgIpc) is 2.73. The summed E-state index contributed by atoms with van der Waals surface area (Å²) in [5.41, 5.74) is -0.151. The largest absolute Gasteiger partial charge is 0.478 e. The fourth-order valence-electron chi connectivity index (χ4n) is 4.07. The molecule has 0 spiro atoms. The van der Waals surface area contributed by atoms with Gasteiger partial charge in [0.2, 0.25) is 0 Å². The van der Waals surface area contributed by atoms with Gasteiger partial charge in [-0.1, -0.05) is 24.3 Å². The van der Waals surface area contributed by atoms with E-state index in [0.29, 0.717) is 23.3 Å². The Morgan fingerprint density at radius 3 is 1.62 bits per heavy atom. The molecule has 138 valence electrons. The summed E-state index contributed by atoms with van der Waals surface area (Å²) in [6.07, 6.45) is 0.988. The van der Waals surface area contributed by atoms with Crippen LogP contribution in [0.5, 0.6) is 0 Å². The quantitative estimate of drug-likeness (QED) is 0.327. The average molecular weight is 378 g/mol. The number of hydrogen-bond acceptors (Lipinski definition) is 3. The van der Waals surface area contributed by atoms with Crippen LogP contribution in [0.2, 0.25) is 0 Å². The fourth-order valence-corrected chi connectivity index (χ4v) is 4.07. The van der Waals surface area contributed by atoms with E-state index in [-0.39, 0.29) is 16.7 Å². The van der Waals surface area contributed by atoms with Crippen molar-refractivity contribution < 1.29 is 19.5 Å². The number of aromatic carboxylic acids is 1. The Morgan fingerprint density at radius 1 is 0.621 bits per heavy atom. The molecular weight excluding hydrogens is 364 g/mol. The van der Waals surface area contributed by atoms with Gasteiger partial charge in [-0.05, 0) is 85.6 Å². The van der Waals surface area contributed by atoms with Gasteiger partial charge in [0.25, 0.3) is 0 Å². The van der Waals surface area contributed by atoms with E-state index in [9.17, 15) is 19.5 Å². The minimum Gasteiger partial charge on any atom is -0.478 e. The molecule has 4 nitrogen and oxygen atoms in total. The van der Waals surface area contributed by atoms with E-state index in [1.54, 1.807) is 0 Å². The normalized spacial score (nSPS) is 11.3. The molecule has 5 aromatic rings. The zero-order valence-corrected chi connectivity index (χ0v) is 15.2. The minimum absolute atomic E-state index is 0.0915. The van der Waals surface area contributed by atoms with Crippen molar-refractivity contribution in [1.29, 1.82) is 0 Å². The summed E-state index contributed by atoms with van der Waals surface area (Å²) < 4.78 is 0. The molecule has 0 bridgehead atoms. The van der Waals surface area contributed by atoms with E-state index in [4.69, 9.17) is 0 Å². The van der Waals surface area contributed by atoms with Crippen LogP contribution in [0.1, 0.15) is 31.1 Å². The van der Waals surface area contributed by atoms with Gasteiger partial charge < -0.3 is 5.11 Å². The molecule has 4 heteroatoms. The van der Waals surface area contributed by atoms with Crippen molar-refractivity contribution in [3.63, 3.8) is 0 Å². The molecule has 0 aliphatic carbocycles. The molecule has 0 aliphatic heterocycles. The molecule has 1 N–H and O–H groups in total. The number of carboxylic acid groups (broad SMARTS) is 1. The summed E-state index contributed by atoms with van der Waals surface area (Å²) in [6.45, 7) is 0. The maximum Gasteiger partial charge on any atom is 0.336 e. The van der Waals surface area contributed by atoms with E-state index in [2.05, 4.69) is 36.4 Å². The highest BCUT2D eigenvalue weighted by molar-refractivity contribution is 6.15. The number of fused-ring (bicyclic) bond motifs is 4. The van der Waals surface area contributed by atoms with Crippen LogP contribution in [-0.2, 0) is 0 Å². The lowest BCUT2D eigenvalue weighted by molar-refractivity contribution is 0.0694. The number of rotatable bonds is 3. The predicted octanol–water partition coefficient (Wildman–Crippen LogP) is 5.62. The zero-order valence-electron chi connectivity index (χ0n) is 15.2. The minimum atomic E-state index is -1.23. The Morgan fingerprint density at radius 2 is 1.10 bits per heavy atom. The number of carbonyl (C=O) groups is 3. The lowest BCUT2D eigenvalue weighted by atomic mass is 9.92. The van der Waals surface area contributed by atoms with Gasteiger partial charge in [0.05, 0.1) is 5.56 Å². The number of aldehydes is 2. The Bertz CT molecular complexity index is 1510. The van der Waals surface area contributed by atoms with Gasteiger partial charge in [0.15, 0.2) is 12.6 Å². The van der Waals surface area contributed by atoms with Crippen molar-refractivity contribution in [2.24, 2.45) is 0 Å². The Hall–Kier alpha value is -4.05. The summed E-state index contributed by atoms with van der Waals surface area (Å²) in [6, 6.07) is 21.7. The molecule has 0 aromatic heterocycles.